The lowest BCUT2D eigenvalue weighted by Gasteiger charge is -2.17. The molecule has 218 valence electrons. The summed E-state index contributed by atoms with van der Waals surface area (Å²) in [5.41, 5.74) is 1.58. The second-order valence-electron chi connectivity index (χ2n) is 9.88. The first-order valence-electron chi connectivity index (χ1n) is 13.2. The van der Waals surface area contributed by atoms with Crippen molar-refractivity contribution in [3.05, 3.63) is 112 Å². The van der Waals surface area contributed by atoms with Gasteiger partial charge in [0.25, 0.3) is 0 Å². The second kappa shape index (κ2) is 12.3. The molecular formula is C32H25F3N4O4. The molecule has 2 aromatic heterocycles. The fraction of sp³-hybridized carbons (Fsp3) is 0.188. The molecular weight excluding hydrogens is 561 g/mol. The Morgan fingerprint density at radius 1 is 1.00 bits per heavy atom. The molecule has 3 aromatic carbocycles. The third-order valence-electron chi connectivity index (χ3n) is 6.90. The van der Waals surface area contributed by atoms with Gasteiger partial charge >= 0.3 is 5.97 Å². The topological polar surface area (TPSA) is 110 Å². The summed E-state index contributed by atoms with van der Waals surface area (Å²) in [6.07, 6.45) is -0.0685. The van der Waals surface area contributed by atoms with E-state index in [4.69, 9.17) is 14.7 Å². The van der Waals surface area contributed by atoms with Crippen molar-refractivity contribution in [2.75, 3.05) is 13.7 Å². The Labute approximate surface area is 244 Å². The van der Waals surface area contributed by atoms with Crippen LogP contribution in [0.4, 0.5) is 13.2 Å². The summed E-state index contributed by atoms with van der Waals surface area (Å²) >= 11 is 0. The summed E-state index contributed by atoms with van der Waals surface area (Å²) in [5.74, 6) is -2.62. The lowest BCUT2D eigenvalue weighted by molar-refractivity contribution is 0.0697. The van der Waals surface area contributed by atoms with E-state index < -0.39 is 23.4 Å². The predicted molar refractivity (Wildman–Crippen MR) is 151 cm³/mol. The number of methoxy groups -OCH3 is 1. The highest BCUT2D eigenvalue weighted by molar-refractivity contribution is 5.92. The van der Waals surface area contributed by atoms with Gasteiger partial charge in [-0.1, -0.05) is 12.1 Å². The maximum atomic E-state index is 15.5. The first-order valence-corrected chi connectivity index (χ1v) is 13.2. The van der Waals surface area contributed by atoms with Crippen LogP contribution >= 0.6 is 0 Å². The largest absolute Gasteiger partial charge is 0.478 e. The normalized spacial score (nSPS) is 11.8. The summed E-state index contributed by atoms with van der Waals surface area (Å²) in [5, 5.41) is 18.4. The SMILES string of the molecule is COC[C@H](C)n1c(Cc2cc(F)c(-c3cccc(OCc4ccc(C#N)cc4F)n3)cc2F)nc2ccc(C(=O)O)cc21. The number of carboxylic acids is 1. The van der Waals surface area contributed by atoms with Crippen molar-refractivity contribution in [3.63, 3.8) is 0 Å². The van der Waals surface area contributed by atoms with Crippen LogP contribution in [0.5, 0.6) is 5.88 Å². The van der Waals surface area contributed by atoms with Crippen LogP contribution in [0.25, 0.3) is 22.3 Å². The summed E-state index contributed by atoms with van der Waals surface area (Å²) in [7, 11) is 1.53. The number of pyridine rings is 1. The number of hydrogen-bond acceptors (Lipinski definition) is 6. The highest BCUT2D eigenvalue weighted by Gasteiger charge is 2.21. The van der Waals surface area contributed by atoms with E-state index in [0.717, 1.165) is 18.2 Å². The van der Waals surface area contributed by atoms with Crippen molar-refractivity contribution < 1.29 is 32.5 Å². The molecule has 2 heterocycles. The average Bonchev–Trinajstić information content (AvgIpc) is 3.35. The van der Waals surface area contributed by atoms with Gasteiger partial charge in [0.1, 0.15) is 29.9 Å². The van der Waals surface area contributed by atoms with Gasteiger partial charge in [0.05, 0.1) is 46.6 Å². The molecule has 0 aliphatic heterocycles. The maximum absolute atomic E-state index is 15.5. The van der Waals surface area contributed by atoms with Crippen LogP contribution in [0, 0.1) is 28.8 Å². The summed E-state index contributed by atoms with van der Waals surface area (Å²) in [4.78, 5) is 20.4. The number of fused-ring (bicyclic) bond motifs is 1. The molecule has 0 unspecified atom stereocenters. The van der Waals surface area contributed by atoms with Gasteiger partial charge in [-0.15, -0.1) is 0 Å². The molecule has 5 aromatic rings. The number of aromatic nitrogens is 3. The van der Waals surface area contributed by atoms with Crippen LogP contribution in [0.2, 0.25) is 0 Å². The van der Waals surface area contributed by atoms with E-state index in [2.05, 4.69) is 9.97 Å². The highest BCUT2D eigenvalue weighted by atomic mass is 19.1. The molecule has 8 nitrogen and oxygen atoms in total. The predicted octanol–water partition coefficient (Wildman–Crippen LogP) is 6.46. The number of nitriles is 1. The monoisotopic (exact) mass is 586 g/mol. The van der Waals surface area contributed by atoms with Crippen molar-refractivity contribution in [1.82, 2.24) is 14.5 Å². The number of ether oxygens (including phenoxy) is 2. The van der Waals surface area contributed by atoms with E-state index in [1.165, 1.54) is 43.5 Å². The van der Waals surface area contributed by atoms with E-state index in [1.54, 1.807) is 16.7 Å². The molecule has 0 aliphatic rings. The van der Waals surface area contributed by atoms with Crippen molar-refractivity contribution in [2.45, 2.75) is 26.0 Å². The van der Waals surface area contributed by atoms with E-state index >= 15 is 8.78 Å². The lowest BCUT2D eigenvalue weighted by Crippen LogP contribution is -2.15. The molecule has 43 heavy (non-hydrogen) atoms. The second-order valence-corrected chi connectivity index (χ2v) is 9.88. The van der Waals surface area contributed by atoms with Gasteiger partial charge in [-0.2, -0.15) is 5.26 Å². The number of benzene rings is 3. The Bertz CT molecular complexity index is 1880. The minimum absolute atomic E-state index is 0.0459. The number of halogens is 3. The number of imidazole rings is 1. The van der Waals surface area contributed by atoms with Gasteiger partial charge in [0, 0.05) is 30.7 Å². The number of nitrogens with zero attached hydrogens (tertiary/aromatic N) is 4. The Kier molecular flexibility index (Phi) is 8.41. The molecule has 5 rings (SSSR count). The van der Waals surface area contributed by atoms with E-state index in [-0.39, 0.29) is 65.1 Å². The summed E-state index contributed by atoms with van der Waals surface area (Å²) < 4.78 is 57.7. The zero-order chi connectivity index (χ0) is 30.7. The quantitative estimate of drug-likeness (QED) is 0.200. The summed E-state index contributed by atoms with van der Waals surface area (Å²) in [6, 6.07) is 16.8. The first kappa shape index (κ1) is 29.3. The molecule has 0 spiro atoms. The van der Waals surface area contributed by atoms with Crippen molar-refractivity contribution in [3.8, 4) is 23.2 Å². The number of aromatic carboxylic acids is 1. The third-order valence-corrected chi connectivity index (χ3v) is 6.90. The zero-order valence-electron chi connectivity index (χ0n) is 23.1. The standard InChI is InChI=1S/C32H25F3N4O4/c1-18(16-42-2)39-29-12-20(32(40)41)8-9-28(29)37-30(39)13-22-11-26(35)23(14-25(22)34)27-4-3-5-31(38-27)43-17-21-7-6-19(15-36)10-24(21)33/h3-12,14,18H,13,16-17H2,1-2H3,(H,40,41)/t18-/m0/s1. The molecule has 1 atom stereocenters. The fourth-order valence-corrected chi connectivity index (χ4v) is 4.83. The molecule has 0 amide bonds. The Morgan fingerprint density at radius 2 is 1.79 bits per heavy atom. The molecule has 0 fully saturated rings. The Morgan fingerprint density at radius 3 is 2.51 bits per heavy atom. The van der Waals surface area contributed by atoms with Crippen molar-refractivity contribution >= 4 is 17.0 Å². The molecule has 1 N–H and O–H groups in total. The molecule has 0 saturated carbocycles. The number of carboxylic acid groups (broad SMARTS) is 1. The molecule has 0 saturated heterocycles. The maximum Gasteiger partial charge on any atom is 0.335 e. The molecule has 11 heteroatoms. The van der Waals surface area contributed by atoms with Gasteiger partial charge in [-0.25, -0.2) is 27.9 Å². The Hall–Kier alpha value is -5.21. The van der Waals surface area contributed by atoms with E-state index in [0.29, 0.717) is 16.9 Å². The fourth-order valence-electron chi connectivity index (χ4n) is 4.83. The number of rotatable bonds is 10. The van der Waals surface area contributed by atoms with Gasteiger partial charge in [0.2, 0.25) is 5.88 Å². The third kappa shape index (κ3) is 6.19. The van der Waals surface area contributed by atoms with E-state index in [1.807, 2.05) is 13.0 Å². The molecule has 0 bridgehead atoms. The summed E-state index contributed by atoms with van der Waals surface area (Å²) in [6.45, 7) is 1.96. The van der Waals surface area contributed by atoms with Gasteiger partial charge < -0.3 is 19.1 Å². The average molecular weight is 587 g/mol. The van der Waals surface area contributed by atoms with E-state index in [9.17, 15) is 14.3 Å². The molecule has 0 aliphatic carbocycles. The highest BCUT2D eigenvalue weighted by Crippen LogP contribution is 2.29. The molecule has 0 radical (unpaired) electrons. The van der Waals surface area contributed by atoms with Crippen LogP contribution in [0.3, 0.4) is 0 Å². The smallest absolute Gasteiger partial charge is 0.335 e. The zero-order valence-corrected chi connectivity index (χ0v) is 23.1. The van der Waals surface area contributed by atoms with Gasteiger partial charge in [-0.05, 0) is 61.0 Å². The van der Waals surface area contributed by atoms with Crippen LogP contribution < -0.4 is 4.74 Å². The van der Waals surface area contributed by atoms with Crippen LogP contribution in [0.1, 0.15) is 45.8 Å². The van der Waals surface area contributed by atoms with Crippen LogP contribution in [-0.2, 0) is 17.8 Å². The lowest BCUT2D eigenvalue weighted by atomic mass is 10.0. The number of carbonyl (C=O) groups is 1. The first-order chi connectivity index (χ1) is 20.7. The Balaban J connectivity index is 1.43. The van der Waals surface area contributed by atoms with Crippen LogP contribution in [0.15, 0.2) is 66.7 Å². The van der Waals surface area contributed by atoms with Crippen molar-refractivity contribution in [2.24, 2.45) is 0 Å². The number of hydrogen-bond donors (Lipinski definition) is 1. The minimum Gasteiger partial charge on any atom is -0.478 e. The van der Waals surface area contributed by atoms with Gasteiger partial charge in [0.15, 0.2) is 0 Å². The van der Waals surface area contributed by atoms with Crippen molar-refractivity contribution in [1.29, 1.82) is 5.26 Å². The van der Waals surface area contributed by atoms with Crippen LogP contribution in [-0.4, -0.2) is 39.3 Å². The van der Waals surface area contributed by atoms with Gasteiger partial charge in [-0.3, -0.25) is 0 Å². The minimum atomic E-state index is -1.09.